The molecule has 0 bridgehead atoms. The second-order valence-electron chi connectivity index (χ2n) is 5.05. The van der Waals surface area contributed by atoms with E-state index in [2.05, 4.69) is 12.3 Å². The third-order valence-electron chi connectivity index (χ3n) is 2.71. The Hall–Kier alpha value is -1.61. The smallest absolute Gasteiger partial charge is 0.212 e. The van der Waals surface area contributed by atoms with Crippen molar-refractivity contribution in [1.82, 2.24) is 0 Å². The maximum absolute atomic E-state index is 12.6. The van der Waals surface area contributed by atoms with E-state index >= 15 is 0 Å². The third-order valence-corrected chi connectivity index (χ3v) is 4.51. The Bertz CT molecular complexity index is 669. The number of hydrogen-bond donors (Lipinski definition) is 1. The molecule has 0 spiro atoms. The molecule has 1 aromatic carbocycles. The zero-order valence-corrected chi connectivity index (χ0v) is 13.1. The van der Waals surface area contributed by atoms with Gasteiger partial charge in [-0.15, -0.1) is 5.73 Å². The van der Waals surface area contributed by atoms with Crippen molar-refractivity contribution in [3.8, 4) is 0 Å². The van der Waals surface area contributed by atoms with Crippen LogP contribution in [0.4, 0.5) is 0 Å². The topological polar surface area (TPSA) is 54.4 Å². The highest BCUT2D eigenvalue weighted by Gasteiger charge is 2.27. The molecular formula is C16H20O3S. The van der Waals surface area contributed by atoms with Gasteiger partial charge in [-0.05, 0) is 51.0 Å². The quantitative estimate of drug-likeness (QED) is 0.685. The van der Waals surface area contributed by atoms with Gasteiger partial charge in [-0.3, -0.25) is 0 Å². The van der Waals surface area contributed by atoms with Crippen molar-refractivity contribution >= 4 is 9.84 Å². The number of hydrogen-bond acceptors (Lipinski definition) is 3. The third kappa shape index (κ3) is 3.70. The van der Waals surface area contributed by atoms with Gasteiger partial charge in [0.05, 0.1) is 4.90 Å². The van der Waals surface area contributed by atoms with E-state index in [-0.39, 0.29) is 9.80 Å². The highest BCUT2D eigenvalue weighted by Crippen LogP contribution is 2.24. The Balaban J connectivity index is 3.53. The normalized spacial score (nSPS) is 12.4. The number of aryl methyl sites for hydroxylation is 1. The maximum Gasteiger partial charge on any atom is 0.212 e. The summed E-state index contributed by atoms with van der Waals surface area (Å²) in [5, 5.41) is 10.1. The molecule has 0 heterocycles. The van der Waals surface area contributed by atoms with Gasteiger partial charge in [0.25, 0.3) is 0 Å². The summed E-state index contributed by atoms with van der Waals surface area (Å²) in [7, 11) is -3.78. The highest BCUT2D eigenvalue weighted by molar-refractivity contribution is 7.95. The minimum absolute atomic E-state index is 0.146. The molecule has 3 nitrogen and oxygen atoms in total. The molecule has 1 atom stereocenters. The van der Waals surface area contributed by atoms with E-state index < -0.39 is 15.9 Å². The first-order valence-corrected chi connectivity index (χ1v) is 7.74. The lowest BCUT2D eigenvalue weighted by Crippen LogP contribution is -2.19. The number of benzene rings is 1. The lowest BCUT2D eigenvalue weighted by molar-refractivity contribution is 0.254. The van der Waals surface area contributed by atoms with E-state index in [0.29, 0.717) is 11.1 Å². The molecule has 0 saturated carbocycles. The first kappa shape index (κ1) is 16.4. The van der Waals surface area contributed by atoms with Crippen molar-refractivity contribution in [2.75, 3.05) is 0 Å². The second-order valence-corrected chi connectivity index (χ2v) is 6.97. The molecular weight excluding hydrogens is 272 g/mol. The fourth-order valence-corrected chi connectivity index (χ4v) is 3.18. The molecule has 0 amide bonds. The minimum atomic E-state index is -3.78. The summed E-state index contributed by atoms with van der Waals surface area (Å²) in [4.78, 5) is -0.0130. The highest BCUT2D eigenvalue weighted by atomic mass is 32.2. The van der Waals surface area contributed by atoms with Crippen LogP contribution in [0.5, 0.6) is 0 Å². The van der Waals surface area contributed by atoms with Crippen molar-refractivity contribution in [3.63, 3.8) is 0 Å². The SMILES string of the molecule is C=C(C)C(O)C(=C=C(C)C)S(=O)(=O)c1ccc(C)cc1. The molecule has 0 saturated heterocycles. The molecule has 1 unspecified atom stereocenters. The molecule has 0 aliphatic rings. The van der Waals surface area contributed by atoms with E-state index in [4.69, 9.17) is 0 Å². The predicted molar refractivity (Wildman–Crippen MR) is 81.1 cm³/mol. The van der Waals surface area contributed by atoms with E-state index in [1.807, 2.05) is 6.92 Å². The van der Waals surface area contributed by atoms with Gasteiger partial charge in [0.15, 0.2) is 0 Å². The maximum atomic E-state index is 12.6. The largest absolute Gasteiger partial charge is 0.383 e. The lowest BCUT2D eigenvalue weighted by Gasteiger charge is -2.14. The predicted octanol–water partition coefficient (Wildman–Crippen LogP) is 3.15. The Labute approximate surface area is 120 Å². The van der Waals surface area contributed by atoms with Crippen LogP contribution in [-0.4, -0.2) is 19.6 Å². The summed E-state index contributed by atoms with van der Waals surface area (Å²) in [5.41, 5.74) is 4.76. The average Bonchev–Trinajstić information content (AvgIpc) is 2.35. The summed E-state index contributed by atoms with van der Waals surface area (Å²) < 4.78 is 25.2. The molecule has 20 heavy (non-hydrogen) atoms. The molecule has 0 aliphatic heterocycles. The second kappa shape index (κ2) is 6.23. The first-order chi connectivity index (χ1) is 9.16. The fraction of sp³-hybridized carbons (Fsp3) is 0.312. The van der Waals surface area contributed by atoms with Crippen molar-refractivity contribution in [3.05, 3.63) is 58.2 Å². The zero-order valence-electron chi connectivity index (χ0n) is 12.3. The molecule has 0 fully saturated rings. The number of rotatable bonds is 4. The van der Waals surface area contributed by atoms with E-state index in [0.717, 1.165) is 5.56 Å². The Kier molecular flexibility index (Phi) is 5.12. The van der Waals surface area contributed by atoms with Crippen LogP contribution < -0.4 is 0 Å². The van der Waals surface area contributed by atoms with Crippen LogP contribution >= 0.6 is 0 Å². The van der Waals surface area contributed by atoms with Crippen molar-refractivity contribution in [2.24, 2.45) is 0 Å². The average molecular weight is 292 g/mol. The van der Waals surface area contributed by atoms with Gasteiger partial charge in [-0.25, -0.2) is 8.42 Å². The fourth-order valence-electron chi connectivity index (χ4n) is 1.60. The van der Waals surface area contributed by atoms with Crippen LogP contribution in [0.3, 0.4) is 0 Å². The summed E-state index contributed by atoms with van der Waals surface area (Å²) in [5.74, 6) is 0. The van der Waals surface area contributed by atoms with Gasteiger partial charge < -0.3 is 5.11 Å². The van der Waals surface area contributed by atoms with Gasteiger partial charge in [0.2, 0.25) is 9.84 Å². The number of aliphatic hydroxyl groups is 1. The van der Waals surface area contributed by atoms with Crippen LogP contribution in [0.2, 0.25) is 0 Å². The lowest BCUT2D eigenvalue weighted by atomic mass is 10.2. The molecule has 0 aliphatic carbocycles. The molecule has 1 rings (SSSR count). The monoisotopic (exact) mass is 292 g/mol. The Morgan fingerprint density at radius 2 is 1.70 bits per heavy atom. The number of sulfone groups is 1. The van der Waals surface area contributed by atoms with Crippen LogP contribution in [0.25, 0.3) is 0 Å². The summed E-state index contributed by atoms with van der Waals surface area (Å²) >= 11 is 0. The summed E-state index contributed by atoms with van der Waals surface area (Å²) in [6.45, 7) is 10.6. The van der Waals surface area contributed by atoms with E-state index in [1.54, 1.807) is 32.9 Å². The molecule has 0 aromatic heterocycles. The van der Waals surface area contributed by atoms with Crippen LogP contribution in [0.15, 0.2) is 57.5 Å². The van der Waals surface area contributed by atoms with Gasteiger partial charge in [0.1, 0.15) is 11.0 Å². The molecule has 0 radical (unpaired) electrons. The van der Waals surface area contributed by atoms with E-state index in [9.17, 15) is 13.5 Å². The number of aliphatic hydroxyl groups excluding tert-OH is 1. The van der Waals surface area contributed by atoms with Gasteiger partial charge in [-0.2, -0.15) is 0 Å². The van der Waals surface area contributed by atoms with Gasteiger partial charge in [-0.1, -0.05) is 24.3 Å². The molecule has 1 aromatic rings. The molecule has 1 N–H and O–H groups in total. The van der Waals surface area contributed by atoms with E-state index in [1.165, 1.54) is 12.1 Å². The Morgan fingerprint density at radius 1 is 1.20 bits per heavy atom. The van der Waals surface area contributed by atoms with Crippen LogP contribution in [0, 0.1) is 6.92 Å². The van der Waals surface area contributed by atoms with Crippen molar-refractivity contribution in [2.45, 2.75) is 38.7 Å². The summed E-state index contributed by atoms with van der Waals surface area (Å²) in [6.07, 6.45) is -1.25. The minimum Gasteiger partial charge on any atom is -0.383 e. The first-order valence-electron chi connectivity index (χ1n) is 6.25. The summed E-state index contributed by atoms with van der Waals surface area (Å²) in [6, 6.07) is 6.51. The van der Waals surface area contributed by atoms with Gasteiger partial charge >= 0.3 is 0 Å². The molecule has 108 valence electrons. The standard InChI is InChI=1S/C16H20O3S/c1-11(2)10-15(16(17)12(3)4)20(18,19)14-8-6-13(5)7-9-14/h6-9,16-17H,3H2,1-2,4-5H3. The Morgan fingerprint density at radius 3 is 2.10 bits per heavy atom. The molecule has 4 heteroatoms. The van der Waals surface area contributed by atoms with Crippen molar-refractivity contribution in [1.29, 1.82) is 0 Å². The van der Waals surface area contributed by atoms with Crippen molar-refractivity contribution < 1.29 is 13.5 Å². The zero-order chi connectivity index (χ0) is 15.5. The van der Waals surface area contributed by atoms with Crippen LogP contribution in [-0.2, 0) is 9.84 Å². The van der Waals surface area contributed by atoms with Gasteiger partial charge in [0, 0.05) is 0 Å². The van der Waals surface area contributed by atoms with Crippen LogP contribution in [0.1, 0.15) is 26.3 Å².